The van der Waals surface area contributed by atoms with Crippen LogP contribution in [-0.2, 0) is 0 Å². The zero-order valence-electron chi connectivity index (χ0n) is 7.42. The molecule has 0 bridgehead atoms. The minimum atomic E-state index is 0.331. The minimum absolute atomic E-state index is 0.331. The fourth-order valence-corrected chi connectivity index (χ4v) is 1.80. The third kappa shape index (κ3) is 2.48. The molecule has 2 rings (SSSR count). The summed E-state index contributed by atoms with van der Waals surface area (Å²) in [5.41, 5.74) is 1.74. The standard InChI is InChI=1S/C10H5BrCl2N2/c11-7-3-1-6(2-4-7)8-5-9(12)14-15-10(8)13/h1-5H. The lowest BCUT2D eigenvalue weighted by atomic mass is 10.1. The van der Waals surface area contributed by atoms with E-state index in [-0.39, 0.29) is 0 Å². The first kappa shape index (κ1) is 10.9. The van der Waals surface area contributed by atoms with E-state index in [0.717, 1.165) is 15.6 Å². The number of aromatic nitrogens is 2. The molecule has 5 heteroatoms. The molecule has 1 heterocycles. The summed E-state index contributed by atoms with van der Waals surface area (Å²) in [4.78, 5) is 0. The topological polar surface area (TPSA) is 25.8 Å². The van der Waals surface area contributed by atoms with Crippen molar-refractivity contribution in [2.45, 2.75) is 0 Å². The van der Waals surface area contributed by atoms with Gasteiger partial charge in [0, 0.05) is 10.0 Å². The van der Waals surface area contributed by atoms with Crippen LogP contribution in [0.1, 0.15) is 0 Å². The molecule has 0 aliphatic heterocycles. The summed E-state index contributed by atoms with van der Waals surface area (Å²) in [7, 11) is 0. The lowest BCUT2D eigenvalue weighted by Crippen LogP contribution is -1.87. The van der Waals surface area contributed by atoms with Crippen molar-refractivity contribution >= 4 is 39.1 Å². The summed E-state index contributed by atoms with van der Waals surface area (Å²) in [5.74, 6) is 0. The van der Waals surface area contributed by atoms with Crippen molar-refractivity contribution < 1.29 is 0 Å². The first-order chi connectivity index (χ1) is 7.16. The highest BCUT2D eigenvalue weighted by atomic mass is 79.9. The maximum atomic E-state index is 5.93. The van der Waals surface area contributed by atoms with Gasteiger partial charge in [0.05, 0.1) is 0 Å². The van der Waals surface area contributed by atoms with Crippen LogP contribution in [-0.4, -0.2) is 10.2 Å². The number of hydrogen-bond donors (Lipinski definition) is 0. The lowest BCUT2D eigenvalue weighted by molar-refractivity contribution is 1.03. The largest absolute Gasteiger partial charge is 0.159 e. The van der Waals surface area contributed by atoms with Gasteiger partial charge in [-0.25, -0.2) is 0 Å². The Morgan fingerprint density at radius 3 is 2.33 bits per heavy atom. The molecule has 0 N–H and O–H groups in total. The van der Waals surface area contributed by atoms with Crippen LogP contribution < -0.4 is 0 Å². The average Bonchev–Trinajstić information content (AvgIpc) is 2.23. The number of benzene rings is 1. The molecule has 0 saturated carbocycles. The van der Waals surface area contributed by atoms with Crippen molar-refractivity contribution in [1.82, 2.24) is 10.2 Å². The van der Waals surface area contributed by atoms with Crippen molar-refractivity contribution in [3.8, 4) is 11.1 Å². The van der Waals surface area contributed by atoms with E-state index in [0.29, 0.717) is 10.3 Å². The van der Waals surface area contributed by atoms with Gasteiger partial charge >= 0.3 is 0 Å². The van der Waals surface area contributed by atoms with E-state index in [9.17, 15) is 0 Å². The second-order valence-corrected chi connectivity index (χ2v) is 4.54. The van der Waals surface area contributed by atoms with Gasteiger partial charge in [-0.3, -0.25) is 0 Å². The third-order valence-corrected chi connectivity index (χ3v) is 2.87. The van der Waals surface area contributed by atoms with Gasteiger partial charge in [0.2, 0.25) is 0 Å². The Labute approximate surface area is 105 Å². The Morgan fingerprint density at radius 2 is 1.67 bits per heavy atom. The molecule has 0 fully saturated rings. The highest BCUT2D eigenvalue weighted by molar-refractivity contribution is 9.10. The molecule has 15 heavy (non-hydrogen) atoms. The Balaban J connectivity index is 2.53. The number of nitrogens with zero attached hydrogens (tertiary/aromatic N) is 2. The Kier molecular flexibility index (Phi) is 3.24. The zero-order chi connectivity index (χ0) is 10.8. The summed E-state index contributed by atoms with van der Waals surface area (Å²) in [5, 5.41) is 8.09. The summed E-state index contributed by atoms with van der Waals surface area (Å²) < 4.78 is 1.01. The molecule has 0 amide bonds. The van der Waals surface area contributed by atoms with Crippen LogP contribution in [0.25, 0.3) is 11.1 Å². The molecule has 0 unspecified atom stereocenters. The molecular weight excluding hydrogens is 299 g/mol. The van der Waals surface area contributed by atoms with Crippen LogP contribution in [0.15, 0.2) is 34.8 Å². The fraction of sp³-hybridized carbons (Fsp3) is 0. The molecule has 2 aromatic rings. The number of rotatable bonds is 1. The quantitative estimate of drug-likeness (QED) is 0.788. The van der Waals surface area contributed by atoms with Crippen LogP contribution in [0, 0.1) is 0 Å². The van der Waals surface area contributed by atoms with Crippen molar-refractivity contribution in [3.05, 3.63) is 45.1 Å². The smallest absolute Gasteiger partial charge is 0.137 e. The molecule has 2 nitrogen and oxygen atoms in total. The number of hydrogen-bond acceptors (Lipinski definition) is 2. The molecule has 0 aliphatic carbocycles. The molecule has 0 spiro atoms. The first-order valence-electron chi connectivity index (χ1n) is 4.11. The zero-order valence-corrected chi connectivity index (χ0v) is 10.5. The highest BCUT2D eigenvalue weighted by Gasteiger charge is 2.06. The normalized spacial score (nSPS) is 10.3. The van der Waals surface area contributed by atoms with Gasteiger partial charge in [-0.15, -0.1) is 10.2 Å². The maximum Gasteiger partial charge on any atom is 0.159 e. The van der Waals surface area contributed by atoms with E-state index in [2.05, 4.69) is 26.1 Å². The van der Waals surface area contributed by atoms with E-state index in [1.165, 1.54) is 0 Å². The van der Waals surface area contributed by atoms with Crippen molar-refractivity contribution in [2.24, 2.45) is 0 Å². The molecule has 1 aromatic carbocycles. The summed E-state index contributed by atoms with van der Waals surface area (Å²) in [6, 6.07) is 9.42. The monoisotopic (exact) mass is 302 g/mol. The SMILES string of the molecule is Clc1cc(-c2ccc(Br)cc2)c(Cl)nn1. The molecule has 0 saturated heterocycles. The van der Waals surface area contributed by atoms with Crippen LogP contribution in [0.4, 0.5) is 0 Å². The molecule has 0 atom stereocenters. The Hall–Kier alpha value is -0.640. The molecule has 0 radical (unpaired) electrons. The van der Waals surface area contributed by atoms with Gasteiger partial charge in [-0.05, 0) is 23.8 Å². The fourth-order valence-electron chi connectivity index (χ4n) is 1.18. The van der Waals surface area contributed by atoms with Crippen LogP contribution in [0.2, 0.25) is 10.3 Å². The van der Waals surface area contributed by atoms with Crippen LogP contribution >= 0.6 is 39.1 Å². The van der Waals surface area contributed by atoms with Gasteiger partial charge < -0.3 is 0 Å². The third-order valence-electron chi connectivity index (χ3n) is 1.87. The second-order valence-electron chi connectivity index (χ2n) is 2.88. The van der Waals surface area contributed by atoms with Crippen molar-refractivity contribution in [2.75, 3.05) is 0 Å². The maximum absolute atomic E-state index is 5.93. The van der Waals surface area contributed by atoms with E-state index in [1.807, 2.05) is 24.3 Å². The predicted molar refractivity (Wildman–Crippen MR) is 65.2 cm³/mol. The summed E-state index contributed by atoms with van der Waals surface area (Å²) in [6.07, 6.45) is 0. The van der Waals surface area contributed by atoms with Crippen LogP contribution in [0.3, 0.4) is 0 Å². The van der Waals surface area contributed by atoms with Crippen LogP contribution in [0.5, 0.6) is 0 Å². The lowest BCUT2D eigenvalue weighted by Gasteiger charge is -2.03. The van der Waals surface area contributed by atoms with Crippen molar-refractivity contribution in [3.63, 3.8) is 0 Å². The van der Waals surface area contributed by atoms with E-state index in [4.69, 9.17) is 23.2 Å². The van der Waals surface area contributed by atoms with Gasteiger partial charge in [0.15, 0.2) is 10.3 Å². The predicted octanol–water partition coefficient (Wildman–Crippen LogP) is 4.21. The van der Waals surface area contributed by atoms with Gasteiger partial charge in [0.25, 0.3) is 0 Å². The Morgan fingerprint density at radius 1 is 1.00 bits per heavy atom. The van der Waals surface area contributed by atoms with Gasteiger partial charge in [-0.1, -0.05) is 51.3 Å². The molecule has 1 aromatic heterocycles. The highest BCUT2D eigenvalue weighted by Crippen LogP contribution is 2.28. The molecule has 0 aliphatic rings. The van der Waals surface area contributed by atoms with E-state index < -0.39 is 0 Å². The minimum Gasteiger partial charge on any atom is -0.137 e. The second kappa shape index (κ2) is 4.47. The summed E-state index contributed by atoms with van der Waals surface area (Å²) in [6.45, 7) is 0. The van der Waals surface area contributed by atoms with Crippen molar-refractivity contribution in [1.29, 1.82) is 0 Å². The summed E-state index contributed by atoms with van der Waals surface area (Å²) >= 11 is 15.0. The first-order valence-corrected chi connectivity index (χ1v) is 5.66. The molecule has 76 valence electrons. The van der Waals surface area contributed by atoms with Gasteiger partial charge in [0.1, 0.15) is 0 Å². The average molecular weight is 304 g/mol. The molecular formula is C10H5BrCl2N2. The van der Waals surface area contributed by atoms with E-state index in [1.54, 1.807) is 6.07 Å². The number of halogens is 3. The van der Waals surface area contributed by atoms with Gasteiger partial charge in [-0.2, -0.15) is 0 Å². The Bertz CT molecular complexity index is 485. The van der Waals surface area contributed by atoms with E-state index >= 15 is 0 Å².